The van der Waals surface area contributed by atoms with Gasteiger partial charge in [0.2, 0.25) is 0 Å². The summed E-state index contributed by atoms with van der Waals surface area (Å²) < 4.78 is 11.7. The maximum Gasteiger partial charge on any atom is 0.300 e. The Morgan fingerprint density at radius 1 is 1.10 bits per heavy atom. The number of carboxylic acid groups (broad SMARTS) is 1. The van der Waals surface area contributed by atoms with Crippen LogP contribution in [0.4, 0.5) is 11.5 Å². The van der Waals surface area contributed by atoms with Crippen LogP contribution < -0.4 is 5.32 Å². The van der Waals surface area contributed by atoms with Crippen molar-refractivity contribution >= 4 is 39.0 Å². The van der Waals surface area contributed by atoms with Crippen LogP contribution in [0.3, 0.4) is 0 Å². The number of fused-ring (bicyclic) bond motifs is 2. The van der Waals surface area contributed by atoms with Crippen LogP contribution >= 0.6 is 11.3 Å². The second-order valence-electron chi connectivity index (χ2n) is 6.44. The molecule has 2 aliphatic rings. The number of rotatable bonds is 2. The zero-order valence-electron chi connectivity index (χ0n) is 15.9. The summed E-state index contributed by atoms with van der Waals surface area (Å²) in [6, 6.07) is 8.84. The number of carboxylic acids is 1. The van der Waals surface area contributed by atoms with E-state index in [1.165, 1.54) is 6.33 Å². The summed E-state index contributed by atoms with van der Waals surface area (Å²) in [7, 11) is 0. The molecular formula is C20H23N3O5S. The van der Waals surface area contributed by atoms with Crippen LogP contribution in [-0.2, 0) is 14.3 Å². The Hall–Kier alpha value is -2.75. The summed E-state index contributed by atoms with van der Waals surface area (Å²) in [6.07, 6.45) is 4.68. The number of aliphatic carboxylic acids is 1. The van der Waals surface area contributed by atoms with Gasteiger partial charge in [0.1, 0.15) is 12.1 Å². The summed E-state index contributed by atoms with van der Waals surface area (Å²) >= 11 is 1.60. The van der Waals surface area contributed by atoms with E-state index in [9.17, 15) is 5.11 Å². The average Bonchev–Trinajstić information content (AvgIpc) is 3.41. The monoisotopic (exact) mass is 417 g/mol. The number of benzene rings is 1. The lowest BCUT2D eigenvalue weighted by Crippen LogP contribution is -2.13. The number of phenols is 1. The number of hydrogen-bond donors (Lipinski definition) is 3. The molecule has 2 aromatic heterocycles. The van der Waals surface area contributed by atoms with E-state index >= 15 is 0 Å². The lowest BCUT2D eigenvalue weighted by Gasteiger charge is -2.05. The van der Waals surface area contributed by atoms with E-state index in [4.69, 9.17) is 19.4 Å². The van der Waals surface area contributed by atoms with E-state index in [-0.39, 0.29) is 5.75 Å². The molecule has 0 radical (unpaired) electrons. The van der Waals surface area contributed by atoms with Crippen molar-refractivity contribution in [2.45, 2.75) is 32.0 Å². The molecular weight excluding hydrogens is 394 g/mol. The quantitative estimate of drug-likeness (QED) is 0.540. The van der Waals surface area contributed by atoms with Crippen LogP contribution in [0.1, 0.15) is 19.8 Å². The number of nitrogens with one attached hydrogen (secondary N) is 1. The Bertz CT molecular complexity index is 907. The predicted molar refractivity (Wildman–Crippen MR) is 111 cm³/mol. The third-order valence-corrected chi connectivity index (χ3v) is 5.17. The zero-order chi connectivity index (χ0) is 20.6. The van der Waals surface area contributed by atoms with E-state index in [0.717, 1.165) is 54.7 Å². The number of aromatic hydroxyl groups is 1. The largest absolute Gasteiger partial charge is 0.508 e. The fraction of sp³-hybridized carbons (Fsp3) is 0.350. The van der Waals surface area contributed by atoms with E-state index in [0.29, 0.717) is 12.2 Å². The number of aromatic nitrogens is 2. The number of ether oxygens (including phenoxy) is 2. The summed E-state index contributed by atoms with van der Waals surface area (Å²) in [5, 5.41) is 21.8. The Morgan fingerprint density at radius 2 is 1.72 bits per heavy atom. The maximum atomic E-state index is 9.21. The third kappa shape index (κ3) is 6.11. The topological polar surface area (TPSA) is 114 Å². The van der Waals surface area contributed by atoms with Crippen molar-refractivity contribution in [1.29, 1.82) is 0 Å². The van der Waals surface area contributed by atoms with Crippen molar-refractivity contribution in [3.05, 3.63) is 42.0 Å². The van der Waals surface area contributed by atoms with Gasteiger partial charge in [-0.3, -0.25) is 4.79 Å². The highest BCUT2D eigenvalue weighted by Crippen LogP contribution is 2.28. The molecule has 3 N–H and O–H groups in total. The van der Waals surface area contributed by atoms with Gasteiger partial charge < -0.3 is 25.0 Å². The van der Waals surface area contributed by atoms with Crippen molar-refractivity contribution in [3.63, 3.8) is 0 Å². The Morgan fingerprint density at radius 3 is 2.34 bits per heavy atom. The Balaban J connectivity index is 0.000000165. The highest BCUT2D eigenvalue weighted by Gasteiger charge is 2.33. The van der Waals surface area contributed by atoms with Crippen LogP contribution in [0.2, 0.25) is 0 Å². The zero-order valence-corrected chi connectivity index (χ0v) is 16.8. The van der Waals surface area contributed by atoms with Gasteiger partial charge in [-0.15, -0.1) is 11.3 Å². The first-order chi connectivity index (χ1) is 14.0. The van der Waals surface area contributed by atoms with Gasteiger partial charge in [-0.2, -0.15) is 0 Å². The molecule has 4 heterocycles. The summed E-state index contributed by atoms with van der Waals surface area (Å²) in [5.41, 5.74) is 1.82. The molecule has 0 unspecified atom stereocenters. The van der Waals surface area contributed by atoms with Gasteiger partial charge in [0.15, 0.2) is 5.82 Å². The molecule has 2 aliphatic heterocycles. The summed E-state index contributed by atoms with van der Waals surface area (Å²) in [5.74, 6) is 0.204. The molecule has 0 amide bonds. The molecule has 5 rings (SSSR count). The Kier molecular flexibility index (Phi) is 7.34. The van der Waals surface area contributed by atoms with Crippen molar-refractivity contribution in [3.8, 4) is 5.75 Å². The van der Waals surface area contributed by atoms with Crippen LogP contribution in [0.25, 0.3) is 10.2 Å². The van der Waals surface area contributed by atoms with Crippen LogP contribution in [0, 0.1) is 0 Å². The number of phenolic OH excluding ortho intramolecular Hbond substituents is 1. The van der Waals surface area contributed by atoms with Crippen LogP contribution in [-0.4, -0.2) is 51.6 Å². The third-order valence-electron chi connectivity index (χ3n) is 4.26. The second kappa shape index (κ2) is 10.1. The minimum atomic E-state index is -0.833. The van der Waals surface area contributed by atoms with Gasteiger partial charge in [0, 0.05) is 25.8 Å². The van der Waals surface area contributed by atoms with E-state index in [1.807, 2.05) is 11.4 Å². The summed E-state index contributed by atoms with van der Waals surface area (Å²) in [6.45, 7) is 2.91. The van der Waals surface area contributed by atoms with E-state index in [2.05, 4.69) is 15.3 Å². The number of anilines is 2. The van der Waals surface area contributed by atoms with Gasteiger partial charge in [-0.1, -0.05) is 0 Å². The minimum Gasteiger partial charge on any atom is -0.508 e. The Labute approximate surface area is 172 Å². The normalized spacial score (nSPS) is 19.5. The molecule has 0 saturated carbocycles. The average molecular weight is 417 g/mol. The van der Waals surface area contributed by atoms with Gasteiger partial charge in [-0.05, 0) is 48.6 Å². The molecule has 9 heteroatoms. The lowest BCUT2D eigenvalue weighted by molar-refractivity contribution is -0.134. The predicted octanol–water partition coefficient (Wildman–Crippen LogP) is 3.80. The second-order valence-corrected chi connectivity index (χ2v) is 7.36. The molecule has 0 bridgehead atoms. The van der Waals surface area contributed by atoms with E-state index < -0.39 is 5.97 Å². The molecule has 2 saturated heterocycles. The highest BCUT2D eigenvalue weighted by atomic mass is 32.1. The number of thiophene rings is 1. The molecule has 3 aromatic rings. The van der Waals surface area contributed by atoms with Crippen LogP contribution in [0.5, 0.6) is 5.75 Å². The molecule has 0 spiro atoms. The molecule has 2 fully saturated rings. The van der Waals surface area contributed by atoms with Crippen molar-refractivity contribution in [2.75, 3.05) is 18.5 Å². The van der Waals surface area contributed by atoms with Gasteiger partial charge in [0.05, 0.1) is 22.4 Å². The van der Waals surface area contributed by atoms with Crippen LogP contribution in [0.15, 0.2) is 42.0 Å². The highest BCUT2D eigenvalue weighted by molar-refractivity contribution is 7.17. The smallest absolute Gasteiger partial charge is 0.300 e. The lowest BCUT2D eigenvalue weighted by atomic mass is 10.2. The standard InChI is InChI=1S/C12H9N3OS.C6H10O2.C2H4O2/c16-9-3-1-8(2-4-9)15-12-11-10(5-6-17-11)13-7-14-12;1-3-7-6-2-4-8-5(1)6;1-2(3)4/h1-7,16H,(H,13,14,15);5-6H,1-4H2;1H3,(H,3,4)/t;5-,6-;/m.1./s1. The first-order valence-electron chi connectivity index (χ1n) is 9.20. The van der Waals surface area contributed by atoms with Gasteiger partial charge in [-0.25, -0.2) is 9.97 Å². The van der Waals surface area contributed by atoms with Gasteiger partial charge >= 0.3 is 0 Å². The van der Waals surface area contributed by atoms with Crippen molar-refractivity contribution < 1.29 is 24.5 Å². The molecule has 8 nitrogen and oxygen atoms in total. The molecule has 154 valence electrons. The van der Waals surface area contributed by atoms with Crippen molar-refractivity contribution in [1.82, 2.24) is 9.97 Å². The number of nitrogens with zero attached hydrogens (tertiary/aromatic N) is 2. The van der Waals surface area contributed by atoms with Crippen molar-refractivity contribution in [2.24, 2.45) is 0 Å². The van der Waals surface area contributed by atoms with E-state index in [1.54, 1.807) is 35.6 Å². The number of carbonyl (C=O) groups is 1. The first-order valence-corrected chi connectivity index (χ1v) is 10.1. The molecule has 29 heavy (non-hydrogen) atoms. The molecule has 0 aliphatic carbocycles. The SMILES string of the molecule is C1C[C@H]2OCC[C@H]2O1.CC(=O)O.Oc1ccc(Nc2ncnc3ccsc23)cc1. The molecule has 2 atom stereocenters. The molecule has 1 aromatic carbocycles. The van der Waals surface area contributed by atoms with Gasteiger partial charge in [0.25, 0.3) is 5.97 Å². The minimum absolute atomic E-state index is 0.250. The first kappa shape index (κ1) is 21.0. The fourth-order valence-electron chi connectivity index (χ4n) is 2.98. The number of hydrogen-bond acceptors (Lipinski definition) is 8. The fourth-order valence-corrected chi connectivity index (χ4v) is 3.77. The summed E-state index contributed by atoms with van der Waals surface area (Å²) in [4.78, 5) is 17.4. The maximum absolute atomic E-state index is 9.21.